The molecule has 1 aromatic carbocycles. The maximum Gasteiger partial charge on any atom is 0.0766 e. The molecule has 0 heterocycles. The predicted molar refractivity (Wildman–Crippen MR) is 79.3 cm³/mol. The molecule has 0 bridgehead atoms. The van der Waals surface area contributed by atoms with Crippen molar-refractivity contribution in [2.75, 3.05) is 11.9 Å². The van der Waals surface area contributed by atoms with Crippen LogP contribution in [0.25, 0.3) is 0 Å². The third kappa shape index (κ3) is 4.83. The van der Waals surface area contributed by atoms with Gasteiger partial charge in [-0.3, -0.25) is 0 Å². The third-order valence-electron chi connectivity index (χ3n) is 2.25. The third-order valence-corrected chi connectivity index (χ3v) is 2.87. The van der Waals surface area contributed by atoms with Crippen molar-refractivity contribution >= 4 is 21.6 Å². The highest BCUT2D eigenvalue weighted by Crippen LogP contribution is 2.27. The summed E-state index contributed by atoms with van der Waals surface area (Å²) in [6.07, 6.45) is 0. The molecule has 1 aromatic rings. The quantitative estimate of drug-likeness (QED) is 0.790. The van der Waals surface area contributed by atoms with Gasteiger partial charge in [0.15, 0.2) is 0 Å². The average Bonchev–Trinajstić information content (AvgIpc) is 2.13. The molecule has 92 valence electrons. The molecule has 0 spiro atoms. The Kier molecular flexibility index (Phi) is 4.65. The van der Waals surface area contributed by atoms with Gasteiger partial charge >= 0.3 is 0 Å². The Hall–Kier alpha value is -0.940. The number of anilines is 1. The van der Waals surface area contributed by atoms with Crippen LogP contribution in [-0.4, -0.2) is 6.54 Å². The van der Waals surface area contributed by atoms with E-state index in [4.69, 9.17) is 0 Å². The summed E-state index contributed by atoms with van der Waals surface area (Å²) in [6, 6.07) is 4.29. The summed E-state index contributed by atoms with van der Waals surface area (Å²) < 4.78 is 1.10. The highest BCUT2D eigenvalue weighted by atomic mass is 79.9. The highest BCUT2D eigenvalue weighted by Gasteiger charge is 2.04. The number of halogens is 1. The number of rotatable bonds is 2. The van der Waals surface area contributed by atoms with Crippen LogP contribution in [-0.2, 0) is 0 Å². The molecule has 0 unspecified atom stereocenters. The summed E-state index contributed by atoms with van der Waals surface area (Å²) in [5.74, 6) is 6.38. The number of hydrogen-bond donors (Lipinski definition) is 1. The Labute approximate surface area is 113 Å². The van der Waals surface area contributed by atoms with E-state index in [2.05, 4.69) is 79.8 Å². The van der Waals surface area contributed by atoms with Crippen molar-refractivity contribution in [3.05, 3.63) is 27.7 Å². The van der Waals surface area contributed by atoms with Crippen LogP contribution in [0.1, 0.15) is 31.9 Å². The molecule has 0 amide bonds. The molecule has 2 heteroatoms. The van der Waals surface area contributed by atoms with Crippen molar-refractivity contribution in [3.8, 4) is 11.8 Å². The zero-order chi connectivity index (χ0) is 13.1. The molecule has 0 aliphatic carbocycles. The summed E-state index contributed by atoms with van der Waals surface area (Å²) in [5.41, 5.74) is 3.72. The fourth-order valence-electron chi connectivity index (χ4n) is 1.58. The van der Waals surface area contributed by atoms with Crippen LogP contribution in [0.2, 0.25) is 0 Å². The molecule has 1 rings (SSSR count). The smallest absolute Gasteiger partial charge is 0.0766 e. The number of hydrogen-bond acceptors (Lipinski definition) is 1. The molecule has 1 nitrogen and oxygen atoms in total. The van der Waals surface area contributed by atoms with Crippen LogP contribution in [0.5, 0.6) is 0 Å². The Morgan fingerprint density at radius 2 is 1.88 bits per heavy atom. The molecule has 0 saturated heterocycles. The first kappa shape index (κ1) is 14.1. The molecule has 0 fully saturated rings. The largest absolute Gasteiger partial charge is 0.373 e. The monoisotopic (exact) mass is 293 g/mol. The van der Waals surface area contributed by atoms with Gasteiger partial charge in [0.2, 0.25) is 0 Å². The SMILES string of the molecule is Cc1cc(C)c(NCC#CC(C)(C)C)c(Br)c1. The van der Waals surface area contributed by atoms with Crippen LogP contribution in [0, 0.1) is 31.1 Å². The summed E-state index contributed by atoms with van der Waals surface area (Å²) in [6.45, 7) is 11.2. The molecule has 1 N–H and O–H groups in total. The lowest BCUT2D eigenvalue weighted by Gasteiger charge is -2.11. The Balaban J connectivity index is 2.73. The van der Waals surface area contributed by atoms with Gasteiger partial charge in [0, 0.05) is 9.89 Å². The number of aryl methyl sites for hydroxylation is 2. The van der Waals surface area contributed by atoms with Gasteiger partial charge in [-0.25, -0.2) is 0 Å². The first-order valence-electron chi connectivity index (χ1n) is 5.80. The van der Waals surface area contributed by atoms with E-state index in [1.165, 1.54) is 11.1 Å². The first-order valence-corrected chi connectivity index (χ1v) is 6.59. The van der Waals surface area contributed by atoms with Gasteiger partial charge in [-0.05, 0) is 67.7 Å². The van der Waals surface area contributed by atoms with Crippen molar-refractivity contribution in [2.24, 2.45) is 5.41 Å². The van der Waals surface area contributed by atoms with Crippen LogP contribution in [0.15, 0.2) is 16.6 Å². The van der Waals surface area contributed by atoms with Gasteiger partial charge in [-0.1, -0.05) is 17.9 Å². The zero-order valence-electron chi connectivity index (χ0n) is 11.2. The Bertz CT molecular complexity index is 435. The van der Waals surface area contributed by atoms with Gasteiger partial charge in [0.25, 0.3) is 0 Å². The van der Waals surface area contributed by atoms with Gasteiger partial charge in [-0.2, -0.15) is 0 Å². The van der Waals surface area contributed by atoms with E-state index >= 15 is 0 Å². The second-order valence-corrected chi connectivity index (χ2v) is 6.20. The van der Waals surface area contributed by atoms with E-state index < -0.39 is 0 Å². The molecule has 0 aliphatic rings. The van der Waals surface area contributed by atoms with Crippen molar-refractivity contribution in [2.45, 2.75) is 34.6 Å². The van der Waals surface area contributed by atoms with Crippen LogP contribution in [0.3, 0.4) is 0 Å². The standard InChI is InChI=1S/C15H20BrN/c1-11-9-12(2)14(13(16)10-11)17-8-6-7-15(3,4)5/h9-10,17H,8H2,1-5H3. The maximum atomic E-state index is 3.58. The number of nitrogens with one attached hydrogen (secondary N) is 1. The molecule has 0 aliphatic heterocycles. The summed E-state index contributed by atoms with van der Waals surface area (Å²) in [4.78, 5) is 0. The van der Waals surface area contributed by atoms with Crippen LogP contribution in [0.4, 0.5) is 5.69 Å². The molecular weight excluding hydrogens is 274 g/mol. The molecular formula is C15H20BrN. The normalized spacial score (nSPS) is 10.7. The van der Waals surface area contributed by atoms with Gasteiger partial charge < -0.3 is 5.32 Å². The lowest BCUT2D eigenvalue weighted by molar-refractivity contribution is 0.570. The van der Waals surface area contributed by atoms with Gasteiger partial charge in [0.05, 0.1) is 12.2 Å². The van der Waals surface area contributed by atoms with Gasteiger partial charge in [-0.15, -0.1) is 0 Å². The van der Waals surface area contributed by atoms with Crippen molar-refractivity contribution < 1.29 is 0 Å². The summed E-state index contributed by atoms with van der Waals surface area (Å²) in [7, 11) is 0. The summed E-state index contributed by atoms with van der Waals surface area (Å²) in [5, 5.41) is 3.36. The average molecular weight is 294 g/mol. The predicted octanol–water partition coefficient (Wildman–Crippen LogP) is 4.53. The van der Waals surface area contributed by atoms with E-state index in [1.54, 1.807) is 0 Å². The molecule has 0 aromatic heterocycles. The van der Waals surface area contributed by atoms with Crippen molar-refractivity contribution in [1.29, 1.82) is 0 Å². The van der Waals surface area contributed by atoms with Crippen molar-refractivity contribution in [3.63, 3.8) is 0 Å². The number of benzene rings is 1. The fraction of sp³-hybridized carbons (Fsp3) is 0.467. The Morgan fingerprint density at radius 1 is 1.24 bits per heavy atom. The second kappa shape index (κ2) is 5.60. The molecule has 0 atom stereocenters. The second-order valence-electron chi connectivity index (χ2n) is 5.34. The minimum atomic E-state index is 0.0707. The molecule has 17 heavy (non-hydrogen) atoms. The Morgan fingerprint density at radius 3 is 2.41 bits per heavy atom. The highest BCUT2D eigenvalue weighted by molar-refractivity contribution is 9.10. The topological polar surface area (TPSA) is 12.0 Å². The van der Waals surface area contributed by atoms with Crippen molar-refractivity contribution in [1.82, 2.24) is 0 Å². The molecule has 0 radical (unpaired) electrons. The van der Waals surface area contributed by atoms with Crippen LogP contribution < -0.4 is 5.32 Å². The lowest BCUT2D eigenvalue weighted by Crippen LogP contribution is -2.04. The minimum absolute atomic E-state index is 0.0707. The van der Waals surface area contributed by atoms with E-state index in [0.717, 1.165) is 10.2 Å². The maximum absolute atomic E-state index is 3.58. The summed E-state index contributed by atoms with van der Waals surface area (Å²) >= 11 is 3.58. The first-order chi connectivity index (χ1) is 7.79. The van der Waals surface area contributed by atoms with Gasteiger partial charge in [0.1, 0.15) is 0 Å². The van der Waals surface area contributed by atoms with Crippen LogP contribution >= 0.6 is 15.9 Å². The zero-order valence-corrected chi connectivity index (χ0v) is 12.8. The lowest BCUT2D eigenvalue weighted by atomic mass is 9.98. The van der Waals surface area contributed by atoms with E-state index in [9.17, 15) is 0 Å². The van der Waals surface area contributed by atoms with E-state index in [-0.39, 0.29) is 5.41 Å². The fourth-order valence-corrected chi connectivity index (χ4v) is 2.40. The van der Waals surface area contributed by atoms with E-state index in [1.807, 2.05) is 0 Å². The minimum Gasteiger partial charge on any atom is -0.373 e. The molecule has 0 saturated carbocycles. The van der Waals surface area contributed by atoms with E-state index in [0.29, 0.717) is 6.54 Å².